The van der Waals surface area contributed by atoms with Gasteiger partial charge in [0.2, 0.25) is 0 Å². The van der Waals surface area contributed by atoms with Crippen molar-refractivity contribution in [3.8, 4) is 5.75 Å². The molecule has 5 heteroatoms. The van der Waals surface area contributed by atoms with E-state index < -0.39 is 11.8 Å². The van der Waals surface area contributed by atoms with Gasteiger partial charge in [0, 0.05) is 16.8 Å². The Hall–Kier alpha value is -2.82. The molecular formula is C30H43NO4. The normalized spacial score (nSPS) is 12.9. The molecule has 2 atom stereocenters. The topological polar surface area (TPSA) is 101 Å². The molecule has 2 rings (SSSR count). The number of aromatic carboxylic acids is 1. The number of carboxylic acid groups (broad SMARTS) is 1. The quantitative estimate of drug-likeness (QED) is 0.181. The molecule has 0 saturated carbocycles. The van der Waals surface area contributed by atoms with Crippen LogP contribution < -0.4 is 5.73 Å². The van der Waals surface area contributed by atoms with Gasteiger partial charge in [0.15, 0.2) is 5.78 Å². The van der Waals surface area contributed by atoms with E-state index in [4.69, 9.17) is 5.73 Å². The monoisotopic (exact) mass is 481 g/mol. The van der Waals surface area contributed by atoms with Crippen molar-refractivity contribution in [2.75, 3.05) is 5.73 Å². The third-order valence-corrected chi connectivity index (χ3v) is 7.27. The fourth-order valence-corrected chi connectivity index (χ4v) is 4.85. The molecule has 0 radical (unpaired) electrons. The molecule has 0 saturated heterocycles. The summed E-state index contributed by atoms with van der Waals surface area (Å²) in [5.74, 6) is -0.958. The summed E-state index contributed by atoms with van der Waals surface area (Å²) in [6, 6.07) is 7.87. The van der Waals surface area contributed by atoms with Gasteiger partial charge in [0.1, 0.15) is 5.75 Å². The molecule has 0 aromatic heterocycles. The van der Waals surface area contributed by atoms with Crippen LogP contribution in [0.15, 0.2) is 30.3 Å². The summed E-state index contributed by atoms with van der Waals surface area (Å²) < 4.78 is 0. The minimum absolute atomic E-state index is 0.0689. The van der Waals surface area contributed by atoms with E-state index in [9.17, 15) is 19.8 Å². The molecular weight excluding hydrogens is 438 g/mol. The van der Waals surface area contributed by atoms with Crippen molar-refractivity contribution in [2.45, 2.75) is 91.9 Å². The third kappa shape index (κ3) is 7.33. The molecule has 0 aliphatic rings. The Bertz CT molecular complexity index is 998. The number of unbranched alkanes of at least 4 members (excludes halogenated alkanes) is 2. The fraction of sp³-hybridized carbons (Fsp3) is 0.533. The van der Waals surface area contributed by atoms with Crippen molar-refractivity contribution in [1.82, 2.24) is 0 Å². The number of carbonyl (C=O) groups excluding carboxylic acids is 1. The second-order valence-electron chi connectivity index (χ2n) is 9.75. The number of anilines is 1. The van der Waals surface area contributed by atoms with Crippen LogP contribution in [0.3, 0.4) is 0 Å². The first-order chi connectivity index (χ1) is 16.8. The number of aromatic hydroxyl groups is 1. The first kappa shape index (κ1) is 28.4. The van der Waals surface area contributed by atoms with Crippen LogP contribution in [0.1, 0.15) is 116 Å². The summed E-state index contributed by atoms with van der Waals surface area (Å²) in [6.45, 7) is 8.66. The zero-order chi connectivity index (χ0) is 26.0. The van der Waals surface area contributed by atoms with Crippen LogP contribution in [-0.4, -0.2) is 22.0 Å². The van der Waals surface area contributed by atoms with E-state index in [0.29, 0.717) is 29.5 Å². The Kier molecular flexibility index (Phi) is 11.3. The summed E-state index contributed by atoms with van der Waals surface area (Å²) in [4.78, 5) is 25.4. The highest BCUT2D eigenvalue weighted by Crippen LogP contribution is 2.38. The zero-order valence-corrected chi connectivity index (χ0v) is 21.9. The Morgan fingerprint density at radius 2 is 1.40 bits per heavy atom. The average Bonchev–Trinajstić information content (AvgIpc) is 2.86. The van der Waals surface area contributed by atoms with Crippen LogP contribution in [0, 0.1) is 11.8 Å². The lowest BCUT2D eigenvalue weighted by atomic mass is 9.84. The van der Waals surface area contributed by atoms with Gasteiger partial charge >= 0.3 is 5.97 Å². The van der Waals surface area contributed by atoms with Gasteiger partial charge in [-0.2, -0.15) is 0 Å². The number of benzene rings is 2. The molecule has 4 N–H and O–H groups in total. The van der Waals surface area contributed by atoms with Crippen LogP contribution in [0.25, 0.3) is 0 Å². The summed E-state index contributed by atoms with van der Waals surface area (Å²) in [5, 5.41) is 20.9. The first-order valence-corrected chi connectivity index (χ1v) is 13.3. The summed E-state index contributed by atoms with van der Waals surface area (Å²) >= 11 is 0. The lowest BCUT2D eigenvalue weighted by Crippen LogP contribution is -2.15. The van der Waals surface area contributed by atoms with Gasteiger partial charge in [-0.3, -0.25) is 4.79 Å². The number of phenolic OH excluding ortho intramolecular Hbond substituents is 1. The van der Waals surface area contributed by atoms with Crippen LogP contribution in [0.4, 0.5) is 5.69 Å². The van der Waals surface area contributed by atoms with Gasteiger partial charge in [-0.05, 0) is 42.4 Å². The third-order valence-electron chi connectivity index (χ3n) is 7.27. The second kappa shape index (κ2) is 13.9. The number of hydrogen-bond donors (Lipinski definition) is 3. The molecule has 2 aromatic carbocycles. The highest BCUT2D eigenvalue weighted by Gasteiger charge is 2.26. The number of nitrogens with two attached hydrogens (primary N) is 1. The number of nitrogen functional groups attached to an aromatic ring is 1. The lowest BCUT2D eigenvalue weighted by Gasteiger charge is -2.23. The predicted octanol–water partition coefficient (Wildman–Crippen LogP) is 7.42. The standard InChI is InChI=1S/C30H43NO4/c1-5-9-13-20(7-3)17-22-19-26(28(32)23-15-11-12-16-24(23)30(34)35)29(33)25(27(22)31)18-21(8-4)14-10-6-2/h11-12,15-16,19-21,33H,5-10,13-14,17-18,31H2,1-4H3,(H,34,35). The summed E-state index contributed by atoms with van der Waals surface area (Å²) in [5.41, 5.74) is 8.91. The maximum Gasteiger partial charge on any atom is 0.336 e. The molecule has 0 spiro atoms. The number of carbonyl (C=O) groups is 2. The minimum atomic E-state index is -1.17. The van der Waals surface area contributed by atoms with Crippen molar-refractivity contribution in [2.24, 2.45) is 11.8 Å². The zero-order valence-electron chi connectivity index (χ0n) is 21.9. The van der Waals surface area contributed by atoms with Gasteiger partial charge in [-0.15, -0.1) is 0 Å². The molecule has 5 nitrogen and oxygen atoms in total. The molecule has 35 heavy (non-hydrogen) atoms. The molecule has 192 valence electrons. The Labute approximate surface area is 210 Å². The van der Waals surface area contributed by atoms with Crippen LogP contribution >= 0.6 is 0 Å². The molecule has 0 amide bonds. The summed E-state index contributed by atoms with van der Waals surface area (Å²) in [7, 11) is 0. The van der Waals surface area contributed by atoms with Crippen molar-refractivity contribution >= 4 is 17.4 Å². The lowest BCUT2D eigenvalue weighted by molar-refractivity contribution is 0.0692. The summed E-state index contributed by atoms with van der Waals surface area (Å²) in [6.07, 6.45) is 9.90. The van der Waals surface area contributed by atoms with Crippen LogP contribution in [-0.2, 0) is 12.8 Å². The van der Waals surface area contributed by atoms with E-state index in [-0.39, 0.29) is 22.4 Å². The number of ketones is 1. The van der Waals surface area contributed by atoms with Gasteiger partial charge < -0.3 is 15.9 Å². The van der Waals surface area contributed by atoms with Crippen molar-refractivity contribution in [3.63, 3.8) is 0 Å². The molecule has 2 unspecified atom stereocenters. The van der Waals surface area contributed by atoms with Crippen molar-refractivity contribution < 1.29 is 19.8 Å². The smallest absolute Gasteiger partial charge is 0.336 e. The van der Waals surface area contributed by atoms with E-state index in [1.165, 1.54) is 12.1 Å². The molecule has 2 aromatic rings. The Morgan fingerprint density at radius 3 is 1.91 bits per heavy atom. The highest BCUT2D eigenvalue weighted by atomic mass is 16.4. The van der Waals surface area contributed by atoms with Crippen LogP contribution in [0.2, 0.25) is 0 Å². The SMILES string of the molecule is CCCCC(CC)Cc1cc(C(=O)c2ccccc2C(=O)O)c(O)c(CC(CC)CCCC)c1N. The molecule has 0 aliphatic heterocycles. The number of phenols is 1. The average molecular weight is 482 g/mol. The maximum absolute atomic E-state index is 13.6. The van der Waals surface area contributed by atoms with Crippen molar-refractivity contribution in [3.05, 3.63) is 58.1 Å². The van der Waals surface area contributed by atoms with Gasteiger partial charge in [0.05, 0.1) is 11.1 Å². The number of hydrogen-bond acceptors (Lipinski definition) is 4. The predicted molar refractivity (Wildman–Crippen MR) is 143 cm³/mol. The molecule has 0 fully saturated rings. The number of carboxylic acids is 1. The molecule has 0 heterocycles. The largest absolute Gasteiger partial charge is 0.507 e. The van der Waals surface area contributed by atoms with E-state index in [1.54, 1.807) is 18.2 Å². The first-order valence-electron chi connectivity index (χ1n) is 13.3. The van der Waals surface area contributed by atoms with Gasteiger partial charge in [0.25, 0.3) is 0 Å². The second-order valence-corrected chi connectivity index (χ2v) is 9.75. The Morgan fingerprint density at radius 1 is 0.857 bits per heavy atom. The highest BCUT2D eigenvalue weighted by molar-refractivity contribution is 6.16. The maximum atomic E-state index is 13.6. The van der Waals surface area contributed by atoms with Crippen LogP contribution in [0.5, 0.6) is 5.75 Å². The fourth-order valence-electron chi connectivity index (χ4n) is 4.85. The minimum Gasteiger partial charge on any atom is -0.507 e. The molecule has 0 bridgehead atoms. The van der Waals surface area contributed by atoms with E-state index in [0.717, 1.165) is 63.4 Å². The van der Waals surface area contributed by atoms with Gasteiger partial charge in [-0.25, -0.2) is 4.79 Å². The van der Waals surface area contributed by atoms with E-state index in [1.807, 2.05) is 0 Å². The molecule has 0 aliphatic carbocycles. The van der Waals surface area contributed by atoms with Crippen molar-refractivity contribution in [1.29, 1.82) is 0 Å². The van der Waals surface area contributed by atoms with Gasteiger partial charge in [-0.1, -0.05) is 97.3 Å². The Balaban J connectivity index is 2.62. The van der Waals surface area contributed by atoms with E-state index in [2.05, 4.69) is 27.7 Å². The van der Waals surface area contributed by atoms with E-state index >= 15 is 0 Å². The number of rotatable bonds is 15.